The Bertz CT molecular complexity index is 954. The predicted octanol–water partition coefficient (Wildman–Crippen LogP) is 3.88. The van der Waals surface area contributed by atoms with E-state index < -0.39 is 5.97 Å². The predicted molar refractivity (Wildman–Crippen MR) is 103 cm³/mol. The number of hydrogen-bond acceptors (Lipinski definition) is 4. The number of ether oxygens (including phenoxy) is 1. The number of amides is 1. The number of nitrogens with zero attached hydrogens (tertiary/aromatic N) is 2. The van der Waals surface area contributed by atoms with Crippen LogP contribution in [0, 0.1) is 0 Å². The molecule has 3 aromatic rings. The number of aryl methyl sites for hydroxylation is 1. The van der Waals surface area contributed by atoms with Crippen molar-refractivity contribution in [1.29, 1.82) is 0 Å². The molecule has 1 aromatic heterocycles. The molecule has 0 spiro atoms. The number of carbonyl (C=O) groups excluding carboxylic acids is 2. The highest BCUT2D eigenvalue weighted by atomic mass is 35.5. The average Bonchev–Trinajstić information content (AvgIpc) is 3.17. The van der Waals surface area contributed by atoms with Crippen LogP contribution in [0.2, 0.25) is 5.02 Å². The highest BCUT2D eigenvalue weighted by Crippen LogP contribution is 2.21. The lowest BCUT2D eigenvalue weighted by atomic mass is 10.1. The smallest absolute Gasteiger partial charge is 0.339 e. The Morgan fingerprint density at radius 1 is 1.19 bits per heavy atom. The SMILES string of the molecule is COC(=O)c1cc(NC(=O)CCc2cnn(-c3ccccc3)c2)ccc1Cl. The number of nitrogens with one attached hydrogen (secondary N) is 1. The minimum atomic E-state index is -0.551. The molecule has 0 saturated heterocycles. The summed E-state index contributed by atoms with van der Waals surface area (Å²) in [5.41, 5.74) is 2.62. The van der Waals surface area contributed by atoms with E-state index in [9.17, 15) is 9.59 Å². The van der Waals surface area contributed by atoms with Gasteiger partial charge in [0.2, 0.25) is 5.91 Å². The molecule has 6 nitrogen and oxygen atoms in total. The molecule has 7 heteroatoms. The summed E-state index contributed by atoms with van der Waals surface area (Å²) in [7, 11) is 1.28. The van der Waals surface area contributed by atoms with Gasteiger partial charge in [-0.15, -0.1) is 0 Å². The Morgan fingerprint density at radius 2 is 1.96 bits per heavy atom. The van der Waals surface area contributed by atoms with Crippen LogP contribution in [0.15, 0.2) is 60.9 Å². The van der Waals surface area contributed by atoms with Crippen LogP contribution in [-0.2, 0) is 16.0 Å². The summed E-state index contributed by atoms with van der Waals surface area (Å²) >= 11 is 5.98. The number of anilines is 1. The van der Waals surface area contributed by atoms with E-state index in [2.05, 4.69) is 15.2 Å². The molecule has 0 atom stereocenters. The molecule has 0 bridgehead atoms. The third kappa shape index (κ3) is 4.74. The van der Waals surface area contributed by atoms with E-state index in [4.69, 9.17) is 11.6 Å². The third-order valence-electron chi connectivity index (χ3n) is 3.95. The second-order valence-corrected chi connectivity index (χ2v) is 6.27. The Kier molecular flexibility index (Phi) is 5.88. The Labute approximate surface area is 161 Å². The van der Waals surface area contributed by atoms with Crippen LogP contribution in [-0.4, -0.2) is 28.8 Å². The Morgan fingerprint density at radius 3 is 2.70 bits per heavy atom. The maximum atomic E-state index is 12.2. The Balaban J connectivity index is 1.59. The fourth-order valence-corrected chi connectivity index (χ4v) is 2.76. The molecule has 2 aromatic carbocycles. The van der Waals surface area contributed by atoms with Crippen LogP contribution in [0.4, 0.5) is 5.69 Å². The lowest BCUT2D eigenvalue weighted by molar-refractivity contribution is -0.116. The molecule has 1 heterocycles. The van der Waals surface area contributed by atoms with Crippen LogP contribution >= 0.6 is 11.6 Å². The molecule has 0 unspecified atom stereocenters. The van der Waals surface area contributed by atoms with Crippen LogP contribution in [0.5, 0.6) is 0 Å². The number of methoxy groups -OCH3 is 1. The van der Waals surface area contributed by atoms with Gasteiger partial charge in [0, 0.05) is 18.3 Å². The van der Waals surface area contributed by atoms with Crippen molar-refractivity contribution in [2.24, 2.45) is 0 Å². The number of benzene rings is 2. The van der Waals surface area contributed by atoms with E-state index in [1.807, 2.05) is 36.5 Å². The largest absolute Gasteiger partial charge is 0.465 e. The standard InChI is InChI=1S/C20H18ClN3O3/c1-27-20(26)17-11-15(8-9-18(17)21)23-19(25)10-7-14-12-22-24(13-14)16-5-3-2-4-6-16/h2-6,8-9,11-13H,7,10H2,1H3,(H,23,25). The van der Waals surface area contributed by atoms with Gasteiger partial charge < -0.3 is 10.1 Å². The first-order valence-electron chi connectivity index (χ1n) is 8.33. The minimum Gasteiger partial charge on any atom is -0.465 e. The molecule has 0 fully saturated rings. The average molecular weight is 384 g/mol. The molecule has 1 N–H and O–H groups in total. The number of halogens is 1. The van der Waals surface area contributed by atoms with Crippen LogP contribution in [0.3, 0.4) is 0 Å². The number of esters is 1. The van der Waals surface area contributed by atoms with Crippen molar-refractivity contribution in [1.82, 2.24) is 9.78 Å². The minimum absolute atomic E-state index is 0.166. The number of para-hydroxylation sites is 1. The highest BCUT2D eigenvalue weighted by molar-refractivity contribution is 6.33. The quantitative estimate of drug-likeness (QED) is 0.655. The van der Waals surface area contributed by atoms with E-state index >= 15 is 0 Å². The normalized spacial score (nSPS) is 10.4. The van der Waals surface area contributed by atoms with Gasteiger partial charge in [0.05, 0.1) is 29.6 Å². The summed E-state index contributed by atoms with van der Waals surface area (Å²) in [5, 5.41) is 7.35. The lowest BCUT2D eigenvalue weighted by Crippen LogP contribution is -2.13. The molecular weight excluding hydrogens is 366 g/mol. The molecule has 3 rings (SSSR count). The maximum absolute atomic E-state index is 12.2. The first-order chi connectivity index (χ1) is 13.1. The number of carbonyl (C=O) groups is 2. The van der Waals surface area contributed by atoms with Crippen molar-refractivity contribution < 1.29 is 14.3 Å². The third-order valence-corrected chi connectivity index (χ3v) is 4.28. The second-order valence-electron chi connectivity index (χ2n) is 5.86. The molecule has 0 saturated carbocycles. The van der Waals surface area contributed by atoms with Crippen molar-refractivity contribution in [2.45, 2.75) is 12.8 Å². The van der Waals surface area contributed by atoms with Crippen molar-refractivity contribution >= 4 is 29.2 Å². The van der Waals surface area contributed by atoms with Gasteiger partial charge in [0.25, 0.3) is 0 Å². The van der Waals surface area contributed by atoms with Gasteiger partial charge in [-0.25, -0.2) is 9.48 Å². The molecule has 0 aliphatic rings. The first-order valence-corrected chi connectivity index (χ1v) is 8.71. The van der Waals surface area contributed by atoms with Gasteiger partial charge >= 0.3 is 5.97 Å². The van der Waals surface area contributed by atoms with Crippen LogP contribution in [0.1, 0.15) is 22.3 Å². The topological polar surface area (TPSA) is 73.2 Å². The summed E-state index contributed by atoms with van der Waals surface area (Å²) in [6.45, 7) is 0. The zero-order chi connectivity index (χ0) is 19.2. The summed E-state index contributed by atoms with van der Waals surface area (Å²) in [4.78, 5) is 23.9. The zero-order valence-electron chi connectivity index (χ0n) is 14.7. The van der Waals surface area contributed by atoms with E-state index in [0.29, 0.717) is 12.1 Å². The van der Waals surface area contributed by atoms with Crippen LogP contribution in [0.25, 0.3) is 5.69 Å². The fraction of sp³-hybridized carbons (Fsp3) is 0.150. The molecule has 138 valence electrons. The van der Waals surface area contributed by atoms with Gasteiger partial charge in [-0.1, -0.05) is 29.8 Å². The van der Waals surface area contributed by atoms with Gasteiger partial charge in [-0.3, -0.25) is 4.79 Å². The molecule has 27 heavy (non-hydrogen) atoms. The van der Waals surface area contributed by atoms with E-state index in [0.717, 1.165) is 11.3 Å². The van der Waals surface area contributed by atoms with Crippen molar-refractivity contribution in [3.05, 3.63) is 77.1 Å². The highest BCUT2D eigenvalue weighted by Gasteiger charge is 2.13. The second kappa shape index (κ2) is 8.51. The zero-order valence-corrected chi connectivity index (χ0v) is 15.4. The number of hydrogen-bond donors (Lipinski definition) is 1. The molecule has 0 aliphatic carbocycles. The van der Waals surface area contributed by atoms with Crippen molar-refractivity contribution in [3.8, 4) is 5.69 Å². The van der Waals surface area contributed by atoms with Crippen molar-refractivity contribution in [3.63, 3.8) is 0 Å². The van der Waals surface area contributed by atoms with Gasteiger partial charge in [-0.2, -0.15) is 5.10 Å². The maximum Gasteiger partial charge on any atom is 0.339 e. The van der Waals surface area contributed by atoms with E-state index in [1.54, 1.807) is 23.0 Å². The molecule has 1 amide bonds. The van der Waals surface area contributed by atoms with Gasteiger partial charge in [0.1, 0.15) is 0 Å². The summed E-state index contributed by atoms with van der Waals surface area (Å²) in [5.74, 6) is -0.718. The fourth-order valence-electron chi connectivity index (χ4n) is 2.56. The van der Waals surface area contributed by atoms with Gasteiger partial charge in [0.15, 0.2) is 0 Å². The number of aromatic nitrogens is 2. The van der Waals surface area contributed by atoms with Crippen LogP contribution < -0.4 is 5.32 Å². The first kappa shape index (κ1) is 18.7. The van der Waals surface area contributed by atoms with E-state index in [1.165, 1.54) is 13.2 Å². The summed E-state index contributed by atoms with van der Waals surface area (Å²) in [6, 6.07) is 14.4. The Hall–Kier alpha value is -3.12. The molecule has 0 aliphatic heterocycles. The number of rotatable bonds is 6. The molecule has 0 radical (unpaired) electrons. The summed E-state index contributed by atoms with van der Waals surface area (Å²) in [6.07, 6.45) is 4.49. The monoisotopic (exact) mass is 383 g/mol. The van der Waals surface area contributed by atoms with Crippen molar-refractivity contribution in [2.75, 3.05) is 12.4 Å². The lowest BCUT2D eigenvalue weighted by Gasteiger charge is -2.08. The molecular formula is C20H18ClN3O3. The van der Waals surface area contributed by atoms with Gasteiger partial charge in [-0.05, 0) is 42.3 Å². The van der Waals surface area contributed by atoms with E-state index in [-0.39, 0.29) is 22.9 Å². The summed E-state index contributed by atoms with van der Waals surface area (Å²) < 4.78 is 6.45.